The maximum atomic E-state index is 12.9. The van der Waals surface area contributed by atoms with Crippen molar-refractivity contribution in [3.63, 3.8) is 0 Å². The average Bonchev–Trinajstić information content (AvgIpc) is 2.70. The molecule has 0 N–H and O–H groups in total. The van der Waals surface area contributed by atoms with Gasteiger partial charge in [-0.3, -0.25) is 4.68 Å². The first-order valence-corrected chi connectivity index (χ1v) is 9.82. The molecule has 5 nitrogen and oxygen atoms in total. The molecule has 24 heavy (non-hydrogen) atoms. The molecule has 1 aromatic carbocycles. The summed E-state index contributed by atoms with van der Waals surface area (Å²) in [5, 5.41) is 4.25. The van der Waals surface area contributed by atoms with Crippen molar-refractivity contribution in [2.75, 3.05) is 13.1 Å². The van der Waals surface area contributed by atoms with Gasteiger partial charge in [0.1, 0.15) is 4.90 Å². The minimum atomic E-state index is -3.42. The van der Waals surface area contributed by atoms with Crippen molar-refractivity contribution >= 4 is 10.0 Å². The Morgan fingerprint density at radius 3 is 2.29 bits per heavy atom. The number of hydrogen-bond donors (Lipinski definition) is 0. The standard InChI is InChI=1S/C18H23N3O2S/c1-13-17(14(2)20(3)19-13)24(22,23)21-11-18(12-21)9-16(10-18)15-7-5-4-6-8-15/h4-8,16H,9-12H2,1-3H3. The molecule has 0 atom stereocenters. The number of aromatic nitrogens is 2. The van der Waals surface area contributed by atoms with E-state index in [0.717, 1.165) is 12.8 Å². The largest absolute Gasteiger partial charge is 0.271 e. The number of hydrogen-bond acceptors (Lipinski definition) is 3. The number of rotatable bonds is 3. The van der Waals surface area contributed by atoms with E-state index in [1.54, 1.807) is 23.0 Å². The summed E-state index contributed by atoms with van der Waals surface area (Å²) in [5.41, 5.74) is 2.87. The maximum absolute atomic E-state index is 12.9. The van der Waals surface area contributed by atoms with Crippen LogP contribution in [0.5, 0.6) is 0 Å². The fraction of sp³-hybridized carbons (Fsp3) is 0.500. The Hall–Kier alpha value is -1.66. The molecular formula is C18H23N3O2S. The molecule has 2 heterocycles. The number of benzene rings is 1. The van der Waals surface area contributed by atoms with Crippen LogP contribution in [-0.4, -0.2) is 35.6 Å². The molecule has 1 saturated carbocycles. The lowest BCUT2D eigenvalue weighted by Crippen LogP contribution is -2.63. The summed E-state index contributed by atoms with van der Waals surface area (Å²) < 4.78 is 29.1. The van der Waals surface area contributed by atoms with Crippen molar-refractivity contribution in [1.82, 2.24) is 14.1 Å². The summed E-state index contributed by atoms with van der Waals surface area (Å²) in [5.74, 6) is 0.581. The van der Waals surface area contributed by atoms with Crippen LogP contribution in [0.1, 0.15) is 35.7 Å². The molecule has 0 amide bonds. The van der Waals surface area contributed by atoms with Gasteiger partial charge >= 0.3 is 0 Å². The van der Waals surface area contributed by atoms with Gasteiger partial charge in [-0.1, -0.05) is 30.3 Å². The Morgan fingerprint density at radius 2 is 1.75 bits per heavy atom. The van der Waals surface area contributed by atoms with E-state index < -0.39 is 10.0 Å². The summed E-state index contributed by atoms with van der Waals surface area (Å²) in [6.45, 7) is 4.88. The summed E-state index contributed by atoms with van der Waals surface area (Å²) in [4.78, 5) is 0.388. The van der Waals surface area contributed by atoms with Gasteiger partial charge in [-0.15, -0.1) is 0 Å². The Bertz CT molecular complexity index is 872. The summed E-state index contributed by atoms with van der Waals surface area (Å²) in [6.07, 6.45) is 2.18. The van der Waals surface area contributed by atoms with Crippen LogP contribution in [-0.2, 0) is 17.1 Å². The third kappa shape index (κ3) is 2.24. The third-order valence-electron chi connectivity index (χ3n) is 5.69. The Kier molecular flexibility index (Phi) is 3.41. The third-order valence-corrected chi connectivity index (χ3v) is 7.74. The Balaban J connectivity index is 1.47. The lowest BCUT2D eigenvalue weighted by molar-refractivity contribution is -0.0256. The highest BCUT2D eigenvalue weighted by Gasteiger charge is 2.56. The highest BCUT2D eigenvalue weighted by atomic mass is 32.2. The van der Waals surface area contributed by atoms with Crippen LogP contribution in [0, 0.1) is 19.3 Å². The quantitative estimate of drug-likeness (QED) is 0.859. The first-order chi connectivity index (χ1) is 11.3. The maximum Gasteiger partial charge on any atom is 0.246 e. The number of nitrogens with zero attached hydrogens (tertiary/aromatic N) is 3. The molecule has 2 aromatic rings. The van der Waals surface area contributed by atoms with E-state index >= 15 is 0 Å². The van der Waals surface area contributed by atoms with Gasteiger partial charge < -0.3 is 0 Å². The van der Waals surface area contributed by atoms with Gasteiger partial charge in [-0.2, -0.15) is 9.40 Å². The SMILES string of the molecule is Cc1nn(C)c(C)c1S(=O)(=O)N1CC2(CC(c3ccccc3)C2)C1. The molecule has 0 unspecified atom stereocenters. The highest BCUT2D eigenvalue weighted by molar-refractivity contribution is 7.89. The van der Waals surface area contributed by atoms with Crippen LogP contribution in [0.2, 0.25) is 0 Å². The molecule has 128 valence electrons. The summed E-state index contributed by atoms with van der Waals surface area (Å²) in [7, 11) is -1.64. The predicted octanol–water partition coefficient (Wildman–Crippen LogP) is 2.61. The van der Waals surface area contributed by atoms with Gasteiger partial charge in [0.2, 0.25) is 10.0 Å². The molecule has 2 fully saturated rings. The first-order valence-electron chi connectivity index (χ1n) is 8.38. The van der Waals surface area contributed by atoms with Gasteiger partial charge in [-0.25, -0.2) is 8.42 Å². The second kappa shape index (κ2) is 5.17. The Labute approximate surface area is 143 Å². The van der Waals surface area contributed by atoms with Crippen LogP contribution in [0.3, 0.4) is 0 Å². The average molecular weight is 345 g/mol. The molecule has 1 aromatic heterocycles. The minimum Gasteiger partial charge on any atom is -0.271 e. The lowest BCUT2D eigenvalue weighted by Gasteiger charge is -2.58. The second-order valence-electron chi connectivity index (χ2n) is 7.41. The van der Waals surface area contributed by atoms with Gasteiger partial charge in [0.15, 0.2) is 0 Å². The van der Waals surface area contributed by atoms with Crippen molar-refractivity contribution in [2.24, 2.45) is 12.5 Å². The van der Waals surface area contributed by atoms with Crippen LogP contribution in [0.15, 0.2) is 35.2 Å². The molecule has 1 aliphatic heterocycles. The van der Waals surface area contributed by atoms with Gasteiger partial charge in [-0.05, 0) is 43.6 Å². The van der Waals surface area contributed by atoms with E-state index in [-0.39, 0.29) is 5.41 Å². The van der Waals surface area contributed by atoms with Crippen LogP contribution >= 0.6 is 0 Å². The molecule has 1 spiro atoms. The van der Waals surface area contributed by atoms with Gasteiger partial charge in [0, 0.05) is 20.1 Å². The molecule has 1 saturated heterocycles. The molecule has 6 heteroatoms. The Morgan fingerprint density at radius 1 is 1.12 bits per heavy atom. The zero-order valence-corrected chi connectivity index (χ0v) is 15.2. The topological polar surface area (TPSA) is 55.2 Å². The van der Waals surface area contributed by atoms with Crippen molar-refractivity contribution in [1.29, 1.82) is 0 Å². The van der Waals surface area contributed by atoms with Crippen molar-refractivity contribution in [3.8, 4) is 0 Å². The van der Waals surface area contributed by atoms with Crippen molar-refractivity contribution < 1.29 is 8.42 Å². The van der Waals surface area contributed by atoms with E-state index in [1.807, 2.05) is 13.0 Å². The van der Waals surface area contributed by atoms with Crippen molar-refractivity contribution in [2.45, 2.75) is 37.5 Å². The molecule has 4 rings (SSSR count). The molecule has 2 aliphatic rings. The van der Waals surface area contributed by atoms with E-state index in [0.29, 0.717) is 35.3 Å². The molecule has 0 bridgehead atoms. The van der Waals surface area contributed by atoms with Gasteiger partial charge in [0.05, 0.1) is 11.4 Å². The van der Waals surface area contributed by atoms with E-state index in [4.69, 9.17) is 0 Å². The minimum absolute atomic E-state index is 0.192. The molecular weight excluding hydrogens is 322 g/mol. The smallest absolute Gasteiger partial charge is 0.246 e. The van der Waals surface area contributed by atoms with Crippen molar-refractivity contribution in [3.05, 3.63) is 47.3 Å². The lowest BCUT2D eigenvalue weighted by atomic mass is 9.57. The monoisotopic (exact) mass is 345 g/mol. The fourth-order valence-electron chi connectivity index (χ4n) is 4.33. The van der Waals surface area contributed by atoms with E-state index in [2.05, 4.69) is 29.4 Å². The zero-order valence-electron chi connectivity index (χ0n) is 14.4. The normalized spacial score (nSPS) is 20.8. The predicted molar refractivity (Wildman–Crippen MR) is 92.3 cm³/mol. The number of aryl methyl sites for hydroxylation is 2. The first kappa shape index (κ1) is 15.8. The summed E-state index contributed by atoms with van der Waals surface area (Å²) >= 11 is 0. The van der Waals surface area contributed by atoms with E-state index in [1.165, 1.54) is 5.56 Å². The number of sulfonamides is 1. The highest BCUT2D eigenvalue weighted by Crippen LogP contribution is 2.57. The van der Waals surface area contributed by atoms with E-state index in [9.17, 15) is 8.42 Å². The summed E-state index contributed by atoms with van der Waals surface area (Å²) in [6, 6.07) is 10.5. The van der Waals surface area contributed by atoms with Crippen LogP contribution in [0.4, 0.5) is 0 Å². The fourth-order valence-corrected chi connectivity index (χ4v) is 6.40. The zero-order chi connectivity index (χ0) is 17.1. The molecule has 0 radical (unpaired) electrons. The second-order valence-corrected chi connectivity index (χ2v) is 9.29. The van der Waals surface area contributed by atoms with Crippen LogP contribution < -0.4 is 0 Å². The van der Waals surface area contributed by atoms with Gasteiger partial charge in [0.25, 0.3) is 0 Å². The molecule has 1 aliphatic carbocycles. The van der Waals surface area contributed by atoms with Crippen LogP contribution in [0.25, 0.3) is 0 Å².